The van der Waals surface area contributed by atoms with Crippen molar-refractivity contribution in [3.8, 4) is 5.75 Å². The summed E-state index contributed by atoms with van der Waals surface area (Å²) in [5.74, 6) is 0.240. The molecule has 0 aromatic heterocycles. The Bertz CT molecular complexity index is 837. The first kappa shape index (κ1) is 17.3. The van der Waals surface area contributed by atoms with E-state index in [1.165, 1.54) is 32.4 Å². The number of nitrogens with one attached hydrogen (secondary N) is 2. The smallest absolute Gasteiger partial charge is 0.261 e. The first-order valence-electron chi connectivity index (χ1n) is 6.56. The van der Waals surface area contributed by atoms with Crippen LogP contribution in [0.4, 0.5) is 5.69 Å². The molecule has 23 heavy (non-hydrogen) atoms. The number of rotatable bonds is 5. The zero-order valence-corrected chi connectivity index (χ0v) is 14.9. The van der Waals surface area contributed by atoms with Crippen LogP contribution < -0.4 is 14.8 Å². The molecular formula is C15H15BrN2O4S. The van der Waals surface area contributed by atoms with Crippen LogP contribution in [0.1, 0.15) is 10.4 Å². The highest BCUT2D eigenvalue weighted by atomic mass is 79.9. The maximum absolute atomic E-state index is 12.4. The Morgan fingerprint density at radius 1 is 1.17 bits per heavy atom. The van der Waals surface area contributed by atoms with Crippen molar-refractivity contribution in [2.75, 3.05) is 18.9 Å². The molecular weight excluding hydrogens is 384 g/mol. The summed E-state index contributed by atoms with van der Waals surface area (Å²) in [5, 5.41) is 2.49. The van der Waals surface area contributed by atoms with Crippen molar-refractivity contribution in [2.45, 2.75) is 4.90 Å². The van der Waals surface area contributed by atoms with Gasteiger partial charge in [-0.25, -0.2) is 8.42 Å². The molecule has 0 saturated carbocycles. The Labute approximate surface area is 143 Å². The molecule has 0 heterocycles. The summed E-state index contributed by atoms with van der Waals surface area (Å²) in [4.78, 5) is 11.7. The van der Waals surface area contributed by atoms with Crippen LogP contribution in [0, 0.1) is 0 Å². The molecule has 0 atom stereocenters. The van der Waals surface area contributed by atoms with Crippen molar-refractivity contribution >= 4 is 37.5 Å². The van der Waals surface area contributed by atoms with E-state index in [2.05, 4.69) is 26.0 Å². The van der Waals surface area contributed by atoms with Crippen molar-refractivity contribution < 1.29 is 17.9 Å². The van der Waals surface area contributed by atoms with E-state index in [4.69, 9.17) is 4.74 Å². The largest absolute Gasteiger partial charge is 0.496 e. The van der Waals surface area contributed by atoms with Crippen LogP contribution >= 0.6 is 15.9 Å². The van der Waals surface area contributed by atoms with Crippen molar-refractivity contribution in [1.82, 2.24) is 5.32 Å². The molecule has 0 spiro atoms. The summed E-state index contributed by atoms with van der Waals surface area (Å²) in [5.41, 5.74) is 0.668. The molecule has 2 aromatic rings. The third kappa shape index (κ3) is 4.02. The number of hydrogen-bond donors (Lipinski definition) is 2. The van der Waals surface area contributed by atoms with Crippen LogP contribution in [0.2, 0.25) is 0 Å². The lowest BCUT2D eigenvalue weighted by Crippen LogP contribution is -2.18. The quantitative estimate of drug-likeness (QED) is 0.810. The number of sulfonamides is 1. The van der Waals surface area contributed by atoms with E-state index < -0.39 is 10.0 Å². The molecule has 0 unspecified atom stereocenters. The van der Waals surface area contributed by atoms with Gasteiger partial charge in [-0.15, -0.1) is 0 Å². The summed E-state index contributed by atoms with van der Waals surface area (Å²) < 4.78 is 32.9. The van der Waals surface area contributed by atoms with Gasteiger partial charge in [0, 0.05) is 18.3 Å². The predicted octanol–water partition coefficient (Wildman–Crippen LogP) is 2.62. The van der Waals surface area contributed by atoms with Crippen LogP contribution in [0.3, 0.4) is 0 Å². The summed E-state index contributed by atoms with van der Waals surface area (Å²) in [6.45, 7) is 0. The minimum Gasteiger partial charge on any atom is -0.496 e. The van der Waals surface area contributed by atoms with Crippen LogP contribution in [-0.2, 0) is 10.0 Å². The average molecular weight is 399 g/mol. The minimum atomic E-state index is -3.78. The maximum Gasteiger partial charge on any atom is 0.261 e. The van der Waals surface area contributed by atoms with E-state index in [0.717, 1.165) is 0 Å². The fraction of sp³-hybridized carbons (Fsp3) is 0.133. The lowest BCUT2D eigenvalue weighted by atomic mass is 10.2. The van der Waals surface area contributed by atoms with Gasteiger partial charge < -0.3 is 10.1 Å². The highest BCUT2D eigenvalue weighted by molar-refractivity contribution is 9.10. The normalized spacial score (nSPS) is 10.9. The topological polar surface area (TPSA) is 84.5 Å². The molecule has 0 fully saturated rings. The molecule has 2 rings (SSSR count). The molecule has 6 nitrogen and oxygen atoms in total. The molecule has 0 aliphatic heterocycles. The fourth-order valence-electron chi connectivity index (χ4n) is 1.90. The Morgan fingerprint density at radius 2 is 1.91 bits per heavy atom. The predicted molar refractivity (Wildman–Crippen MR) is 91.3 cm³/mol. The molecule has 8 heteroatoms. The number of methoxy groups -OCH3 is 1. The Kier molecular flexibility index (Phi) is 5.27. The van der Waals surface area contributed by atoms with Gasteiger partial charge in [-0.2, -0.15) is 0 Å². The summed E-state index contributed by atoms with van der Waals surface area (Å²) in [7, 11) is -0.772. The zero-order chi connectivity index (χ0) is 17.0. The number of ether oxygens (including phenoxy) is 1. The van der Waals surface area contributed by atoms with Gasteiger partial charge in [0.15, 0.2) is 0 Å². The van der Waals surface area contributed by atoms with E-state index in [1.807, 2.05) is 0 Å². The molecule has 0 radical (unpaired) electrons. The molecule has 122 valence electrons. The second kappa shape index (κ2) is 7.01. The van der Waals surface area contributed by atoms with Crippen LogP contribution in [0.5, 0.6) is 5.75 Å². The minimum absolute atomic E-state index is 0.0792. The van der Waals surface area contributed by atoms with E-state index in [9.17, 15) is 13.2 Å². The van der Waals surface area contributed by atoms with Crippen molar-refractivity contribution in [3.05, 3.63) is 52.5 Å². The zero-order valence-electron chi connectivity index (χ0n) is 12.5. The number of hydrogen-bond acceptors (Lipinski definition) is 4. The van der Waals surface area contributed by atoms with Crippen LogP contribution in [0.25, 0.3) is 0 Å². The summed E-state index contributed by atoms with van der Waals surface area (Å²) in [6, 6.07) is 10.7. The number of halogens is 1. The van der Waals surface area contributed by atoms with Crippen LogP contribution in [0.15, 0.2) is 51.8 Å². The highest BCUT2D eigenvalue weighted by Gasteiger charge is 2.16. The third-order valence-corrected chi connectivity index (χ3v) is 5.04. The fourth-order valence-corrected chi connectivity index (χ4v) is 3.66. The van der Waals surface area contributed by atoms with Gasteiger partial charge in [-0.3, -0.25) is 9.52 Å². The molecule has 0 aliphatic carbocycles. The molecule has 0 saturated heterocycles. The van der Waals surface area contributed by atoms with Gasteiger partial charge in [-0.1, -0.05) is 6.07 Å². The number of anilines is 1. The lowest BCUT2D eigenvalue weighted by molar-refractivity contribution is 0.0963. The second-order valence-corrected chi connectivity index (χ2v) is 7.10. The molecule has 0 aliphatic rings. The molecule has 2 aromatic carbocycles. The number of amides is 1. The van der Waals surface area contributed by atoms with Gasteiger partial charge in [-0.05, 0) is 52.3 Å². The highest BCUT2D eigenvalue weighted by Crippen LogP contribution is 2.28. The van der Waals surface area contributed by atoms with E-state index >= 15 is 0 Å². The van der Waals surface area contributed by atoms with E-state index in [0.29, 0.717) is 21.5 Å². The Morgan fingerprint density at radius 3 is 2.52 bits per heavy atom. The van der Waals surface area contributed by atoms with Crippen molar-refractivity contribution in [2.24, 2.45) is 0 Å². The Hall–Kier alpha value is -2.06. The van der Waals surface area contributed by atoms with E-state index in [1.54, 1.807) is 24.3 Å². The van der Waals surface area contributed by atoms with E-state index in [-0.39, 0.29) is 10.8 Å². The van der Waals surface area contributed by atoms with Crippen LogP contribution in [-0.4, -0.2) is 28.5 Å². The standard InChI is InChI=1S/C15H15BrN2O4S/c1-17-15(19)10-4-3-5-11(8-10)18-23(20,21)12-6-7-14(22-2)13(16)9-12/h3-9,18H,1-2H3,(H,17,19). The average Bonchev–Trinajstić information content (AvgIpc) is 2.53. The first-order valence-corrected chi connectivity index (χ1v) is 8.83. The van der Waals surface area contributed by atoms with Gasteiger partial charge >= 0.3 is 0 Å². The van der Waals surface area contributed by atoms with Crippen molar-refractivity contribution in [3.63, 3.8) is 0 Å². The van der Waals surface area contributed by atoms with Crippen molar-refractivity contribution in [1.29, 1.82) is 0 Å². The molecule has 2 N–H and O–H groups in total. The monoisotopic (exact) mass is 398 g/mol. The van der Waals surface area contributed by atoms with Gasteiger partial charge in [0.2, 0.25) is 0 Å². The summed E-state index contributed by atoms with van der Waals surface area (Å²) >= 11 is 3.26. The molecule has 0 bridgehead atoms. The van der Waals surface area contributed by atoms with Gasteiger partial charge in [0.05, 0.1) is 16.5 Å². The second-order valence-electron chi connectivity index (χ2n) is 4.56. The third-order valence-electron chi connectivity index (χ3n) is 3.04. The summed E-state index contributed by atoms with van der Waals surface area (Å²) in [6.07, 6.45) is 0. The SMILES string of the molecule is CNC(=O)c1cccc(NS(=O)(=O)c2ccc(OC)c(Br)c2)c1. The van der Waals surface area contributed by atoms with Gasteiger partial charge in [0.1, 0.15) is 5.75 Å². The number of benzene rings is 2. The van der Waals surface area contributed by atoms with Gasteiger partial charge in [0.25, 0.3) is 15.9 Å². The first-order chi connectivity index (χ1) is 10.9. The molecule has 1 amide bonds. The Balaban J connectivity index is 2.31. The lowest BCUT2D eigenvalue weighted by Gasteiger charge is -2.11. The number of carbonyl (C=O) groups is 1. The number of carbonyl (C=O) groups excluding carboxylic acids is 1. The maximum atomic E-state index is 12.4.